The van der Waals surface area contributed by atoms with E-state index in [1.807, 2.05) is 0 Å². The fourth-order valence-corrected chi connectivity index (χ4v) is 1.59. The van der Waals surface area contributed by atoms with Crippen molar-refractivity contribution in [2.45, 2.75) is 0 Å². The van der Waals surface area contributed by atoms with Crippen LogP contribution in [0.5, 0.6) is 5.88 Å². The average Bonchev–Trinajstić information content (AvgIpc) is 2.54. The van der Waals surface area contributed by atoms with E-state index < -0.39 is 6.98 Å². The smallest absolute Gasteiger partial charge is 0.219 e. The second-order valence-electron chi connectivity index (χ2n) is 2.58. The highest BCUT2D eigenvalue weighted by atomic mass is 79.9. The first-order valence-corrected chi connectivity index (χ1v) is 4.45. The van der Waals surface area contributed by atoms with Crippen molar-refractivity contribution in [2.24, 2.45) is 6.98 Å². The van der Waals surface area contributed by atoms with E-state index >= 15 is 0 Å². The highest BCUT2D eigenvalue weighted by Crippen LogP contribution is 2.27. The molecule has 68 valence electrons. The van der Waals surface area contributed by atoms with E-state index in [9.17, 15) is 0 Å². The van der Waals surface area contributed by atoms with Gasteiger partial charge in [0.25, 0.3) is 0 Å². The molecule has 0 amide bonds. The second kappa shape index (κ2) is 3.03. The van der Waals surface area contributed by atoms with Gasteiger partial charge < -0.3 is 4.74 Å². The molecule has 13 heavy (non-hydrogen) atoms. The molecular weight excluding hydrogens is 232 g/mol. The van der Waals surface area contributed by atoms with E-state index in [-0.39, 0.29) is 5.88 Å². The molecule has 1 aromatic heterocycles. The number of methoxy groups -OCH3 is 1. The van der Waals surface area contributed by atoms with Crippen molar-refractivity contribution in [3.05, 3.63) is 22.7 Å². The molecule has 2 aromatic rings. The zero-order chi connectivity index (χ0) is 11.9. The molecule has 1 aromatic carbocycles. The molecule has 2 rings (SSSR count). The van der Waals surface area contributed by atoms with Gasteiger partial charge >= 0.3 is 0 Å². The lowest BCUT2D eigenvalue weighted by Gasteiger charge is -1.98. The van der Waals surface area contributed by atoms with E-state index in [0.717, 1.165) is 9.15 Å². The zero-order valence-electron chi connectivity index (χ0n) is 9.91. The van der Waals surface area contributed by atoms with E-state index in [0.29, 0.717) is 10.9 Å². The van der Waals surface area contributed by atoms with E-state index in [4.69, 9.17) is 8.85 Å². The third-order valence-electron chi connectivity index (χ3n) is 1.78. The molecule has 1 heterocycles. The minimum Gasteiger partial charge on any atom is -0.481 e. The van der Waals surface area contributed by atoms with Crippen molar-refractivity contribution < 1.29 is 8.85 Å². The Hall–Kier alpha value is -1.03. The predicted octanol–water partition coefficient (Wildman–Crippen LogP) is 2.34. The maximum atomic E-state index is 7.35. The molecule has 0 saturated carbocycles. The third-order valence-corrected chi connectivity index (χ3v) is 2.28. The first kappa shape index (κ1) is 5.65. The van der Waals surface area contributed by atoms with Crippen LogP contribution in [0.25, 0.3) is 10.9 Å². The summed E-state index contributed by atoms with van der Waals surface area (Å²) in [5, 5.41) is 4.68. The molecule has 0 spiro atoms. The number of ether oxygens (including phenoxy) is 1. The summed E-state index contributed by atoms with van der Waals surface area (Å²) in [7, 11) is 1.43. The van der Waals surface area contributed by atoms with Gasteiger partial charge in [-0.1, -0.05) is 15.9 Å². The summed E-state index contributed by atoms with van der Waals surface area (Å²) >= 11 is 3.32. The summed E-state index contributed by atoms with van der Waals surface area (Å²) in [4.78, 5) is 0. The molecule has 0 aliphatic heterocycles. The average molecular weight is 244 g/mol. The summed E-state index contributed by atoms with van der Waals surface area (Å²) < 4.78 is 28.9. The normalized spacial score (nSPS) is 15.1. The Kier molecular flexibility index (Phi) is 1.32. The van der Waals surface area contributed by atoms with Gasteiger partial charge in [0.2, 0.25) is 5.88 Å². The lowest BCUT2D eigenvalue weighted by molar-refractivity contribution is 0.377. The molecule has 0 bridgehead atoms. The van der Waals surface area contributed by atoms with Gasteiger partial charge in [-0.15, -0.1) is 0 Å². The van der Waals surface area contributed by atoms with Gasteiger partial charge in [-0.3, -0.25) is 0 Å². The van der Waals surface area contributed by atoms with Crippen molar-refractivity contribution in [1.82, 2.24) is 9.78 Å². The van der Waals surface area contributed by atoms with Crippen LogP contribution < -0.4 is 4.74 Å². The molecule has 3 nitrogen and oxygen atoms in total. The number of nitrogens with zero attached hydrogens (tertiary/aromatic N) is 2. The Morgan fingerprint density at radius 1 is 1.62 bits per heavy atom. The van der Waals surface area contributed by atoms with Crippen molar-refractivity contribution in [2.75, 3.05) is 7.11 Å². The molecule has 0 aliphatic rings. The van der Waals surface area contributed by atoms with E-state index in [2.05, 4.69) is 21.0 Å². The molecule has 4 heteroatoms. The zero-order valence-corrected chi connectivity index (χ0v) is 8.50. The van der Waals surface area contributed by atoms with Crippen LogP contribution >= 0.6 is 15.9 Å². The number of aromatic nitrogens is 2. The maximum Gasteiger partial charge on any atom is 0.219 e. The first-order chi connectivity index (χ1) is 7.43. The van der Waals surface area contributed by atoms with Crippen LogP contribution in [0.3, 0.4) is 0 Å². The highest BCUT2D eigenvalue weighted by molar-refractivity contribution is 9.10. The van der Waals surface area contributed by atoms with Crippen LogP contribution in [-0.4, -0.2) is 16.9 Å². The van der Waals surface area contributed by atoms with Gasteiger partial charge in [0.05, 0.1) is 18.0 Å². The standard InChI is InChI=1S/C9H9BrN2O/c1-12-9(13-2)7-5-6(10)3-4-8(7)11-12/h3-5H,1-2H3/i1D3. The highest BCUT2D eigenvalue weighted by Gasteiger charge is 2.08. The molecule has 0 unspecified atom stereocenters. The van der Waals surface area contributed by atoms with Gasteiger partial charge in [-0.05, 0) is 18.2 Å². The van der Waals surface area contributed by atoms with Gasteiger partial charge in [-0.25, -0.2) is 4.68 Å². The fourth-order valence-electron chi connectivity index (χ4n) is 1.23. The van der Waals surface area contributed by atoms with Crippen molar-refractivity contribution in [1.29, 1.82) is 0 Å². The number of rotatable bonds is 1. The topological polar surface area (TPSA) is 27.1 Å². The van der Waals surface area contributed by atoms with Crippen LogP contribution in [0, 0.1) is 0 Å². The molecule has 0 fully saturated rings. The van der Waals surface area contributed by atoms with Crippen LogP contribution in [0.15, 0.2) is 22.7 Å². The molecule has 0 N–H and O–H groups in total. The summed E-state index contributed by atoms with van der Waals surface area (Å²) in [6.45, 7) is -2.34. The molecule has 0 atom stereocenters. The molecule has 0 saturated heterocycles. The Bertz CT molecular complexity index is 535. The second-order valence-corrected chi connectivity index (χ2v) is 3.50. The lowest BCUT2D eigenvalue weighted by Crippen LogP contribution is -1.94. The Morgan fingerprint density at radius 3 is 3.15 bits per heavy atom. The SMILES string of the molecule is [2H]C([2H])([2H])n1nc2ccc(Br)cc2c1OC. The number of benzene rings is 1. The van der Waals surface area contributed by atoms with Gasteiger partial charge in [-0.2, -0.15) is 5.10 Å². The minimum atomic E-state index is -2.34. The summed E-state index contributed by atoms with van der Waals surface area (Å²) in [5.41, 5.74) is 0.594. The van der Waals surface area contributed by atoms with Crippen LogP contribution in [0.4, 0.5) is 0 Å². The van der Waals surface area contributed by atoms with Crippen LogP contribution in [0.1, 0.15) is 4.11 Å². The van der Waals surface area contributed by atoms with Crippen molar-refractivity contribution in [3.8, 4) is 5.88 Å². The Morgan fingerprint density at radius 2 is 2.46 bits per heavy atom. The van der Waals surface area contributed by atoms with Gasteiger partial charge in [0.1, 0.15) is 0 Å². The van der Waals surface area contributed by atoms with Gasteiger partial charge in [0, 0.05) is 15.6 Å². The number of aryl methyl sites for hydroxylation is 1. The summed E-state index contributed by atoms with van der Waals surface area (Å²) in [5.74, 6) is 0.247. The Balaban J connectivity index is 2.77. The third kappa shape index (κ3) is 1.31. The van der Waals surface area contributed by atoms with E-state index in [1.165, 1.54) is 7.11 Å². The largest absolute Gasteiger partial charge is 0.481 e. The van der Waals surface area contributed by atoms with Crippen molar-refractivity contribution in [3.63, 3.8) is 0 Å². The minimum absolute atomic E-state index is 0.247. The first-order valence-electron chi connectivity index (χ1n) is 5.16. The number of fused-ring (bicyclic) bond motifs is 1. The van der Waals surface area contributed by atoms with Crippen molar-refractivity contribution >= 4 is 26.8 Å². The number of hydrogen-bond acceptors (Lipinski definition) is 2. The van der Waals surface area contributed by atoms with E-state index in [1.54, 1.807) is 18.2 Å². The predicted molar refractivity (Wildman–Crippen MR) is 55.0 cm³/mol. The Labute approximate surface area is 88.6 Å². The van der Waals surface area contributed by atoms with Gasteiger partial charge in [0.15, 0.2) is 0 Å². The maximum absolute atomic E-state index is 7.35. The number of hydrogen-bond donors (Lipinski definition) is 0. The monoisotopic (exact) mass is 243 g/mol. The summed E-state index contributed by atoms with van der Waals surface area (Å²) in [6, 6.07) is 5.33. The summed E-state index contributed by atoms with van der Waals surface area (Å²) in [6.07, 6.45) is 0. The number of halogens is 1. The quantitative estimate of drug-likeness (QED) is 0.769. The lowest BCUT2D eigenvalue weighted by atomic mass is 10.2. The molecule has 0 radical (unpaired) electrons. The van der Waals surface area contributed by atoms with Crippen LogP contribution in [0.2, 0.25) is 0 Å². The fraction of sp³-hybridized carbons (Fsp3) is 0.222. The molecular formula is C9H9BrN2O. The molecule has 0 aliphatic carbocycles. The van der Waals surface area contributed by atoms with Crippen LogP contribution in [-0.2, 0) is 6.98 Å².